The highest BCUT2D eigenvalue weighted by atomic mass is 32.1. The van der Waals surface area contributed by atoms with Crippen molar-refractivity contribution in [1.29, 1.82) is 0 Å². The Hall–Kier alpha value is -1.57. The number of likely N-dealkylation sites (tertiary alicyclic amines) is 1. The van der Waals surface area contributed by atoms with Crippen LogP contribution < -0.4 is 0 Å². The Labute approximate surface area is 157 Å². The van der Waals surface area contributed by atoms with E-state index in [2.05, 4.69) is 30.7 Å². The van der Waals surface area contributed by atoms with Crippen LogP contribution in [0.15, 0.2) is 6.33 Å². The Morgan fingerprint density at radius 2 is 2.23 bits per heavy atom. The Balaban J connectivity index is 1.58. The summed E-state index contributed by atoms with van der Waals surface area (Å²) in [6.07, 6.45) is 6.58. The summed E-state index contributed by atoms with van der Waals surface area (Å²) >= 11 is 1.73. The van der Waals surface area contributed by atoms with Crippen LogP contribution in [0.2, 0.25) is 0 Å². The molecule has 138 valence electrons. The molecule has 5 rings (SSSR count). The number of rotatable bonds is 2. The summed E-state index contributed by atoms with van der Waals surface area (Å²) in [6, 6.07) is 0.611. The molecule has 3 aromatic rings. The summed E-state index contributed by atoms with van der Waals surface area (Å²) in [5.41, 5.74) is 2.16. The number of piperidine rings is 1. The average Bonchev–Trinajstić information content (AvgIpc) is 3.16. The van der Waals surface area contributed by atoms with Gasteiger partial charge in [-0.25, -0.2) is 14.5 Å². The van der Waals surface area contributed by atoms with E-state index in [-0.39, 0.29) is 5.60 Å². The van der Waals surface area contributed by atoms with Gasteiger partial charge in [0.05, 0.1) is 24.1 Å². The molecular formula is C19H25N5OS. The topological polar surface area (TPSA) is 55.6 Å². The third-order valence-corrected chi connectivity index (χ3v) is 6.85. The van der Waals surface area contributed by atoms with Crippen LogP contribution in [0.4, 0.5) is 0 Å². The predicted molar refractivity (Wildman–Crippen MR) is 102 cm³/mol. The SMILES string of the molecule is C[C@H]1CCCCN1Cc1nc2c3c4c(sc3ncn2n1)COC(C)(C)C4. The number of aromatic nitrogens is 4. The lowest BCUT2D eigenvalue weighted by atomic mass is 9.94. The molecule has 0 aliphatic carbocycles. The maximum absolute atomic E-state index is 5.98. The first-order chi connectivity index (χ1) is 12.5. The first-order valence-corrected chi connectivity index (χ1v) is 10.3. The maximum Gasteiger partial charge on any atom is 0.168 e. The van der Waals surface area contributed by atoms with Crippen LogP contribution in [0.1, 0.15) is 56.3 Å². The Morgan fingerprint density at radius 1 is 1.35 bits per heavy atom. The lowest BCUT2D eigenvalue weighted by Crippen LogP contribution is -2.37. The summed E-state index contributed by atoms with van der Waals surface area (Å²) < 4.78 is 7.85. The number of ether oxygens (including phenoxy) is 1. The van der Waals surface area contributed by atoms with E-state index in [0.717, 1.165) is 35.8 Å². The molecule has 0 radical (unpaired) electrons. The van der Waals surface area contributed by atoms with E-state index in [9.17, 15) is 0 Å². The van der Waals surface area contributed by atoms with Crippen molar-refractivity contribution in [3.05, 3.63) is 22.6 Å². The largest absolute Gasteiger partial charge is 0.370 e. The van der Waals surface area contributed by atoms with Crippen LogP contribution in [0, 0.1) is 0 Å². The van der Waals surface area contributed by atoms with Crippen molar-refractivity contribution in [3.63, 3.8) is 0 Å². The van der Waals surface area contributed by atoms with E-state index in [1.165, 1.54) is 35.1 Å². The smallest absolute Gasteiger partial charge is 0.168 e. The van der Waals surface area contributed by atoms with Gasteiger partial charge in [-0.05, 0) is 45.7 Å². The summed E-state index contributed by atoms with van der Waals surface area (Å²) in [4.78, 5) is 14.4. The standard InChI is InChI=1S/C19H25N5OS/c1-12-6-4-5-7-23(12)9-15-21-17-16-13-8-19(2,3)25-10-14(13)26-18(16)20-11-24(17)22-15/h11-12H,4-10H2,1-3H3/t12-/m0/s1. The first kappa shape index (κ1) is 16.6. The van der Waals surface area contributed by atoms with Gasteiger partial charge in [-0.2, -0.15) is 0 Å². The van der Waals surface area contributed by atoms with Crippen LogP contribution in [0.5, 0.6) is 0 Å². The van der Waals surface area contributed by atoms with E-state index >= 15 is 0 Å². The molecule has 26 heavy (non-hydrogen) atoms. The second kappa shape index (κ2) is 5.97. The van der Waals surface area contributed by atoms with Gasteiger partial charge >= 0.3 is 0 Å². The predicted octanol–water partition coefficient (Wildman–Crippen LogP) is 3.56. The zero-order valence-electron chi connectivity index (χ0n) is 15.7. The summed E-state index contributed by atoms with van der Waals surface area (Å²) in [5.74, 6) is 0.902. The molecule has 1 fully saturated rings. The second-order valence-corrected chi connectivity index (χ2v) is 9.35. The maximum atomic E-state index is 5.98. The molecule has 0 bridgehead atoms. The third kappa shape index (κ3) is 2.73. The van der Waals surface area contributed by atoms with Crippen LogP contribution in [-0.4, -0.2) is 42.7 Å². The van der Waals surface area contributed by atoms with Gasteiger partial charge in [0.15, 0.2) is 11.5 Å². The number of hydrogen-bond donors (Lipinski definition) is 0. The van der Waals surface area contributed by atoms with E-state index in [1.807, 2.05) is 10.8 Å². The third-order valence-electron chi connectivity index (χ3n) is 5.74. The fourth-order valence-corrected chi connectivity index (χ4v) is 5.29. The molecule has 0 amide bonds. The summed E-state index contributed by atoms with van der Waals surface area (Å²) in [7, 11) is 0. The van der Waals surface area contributed by atoms with Crippen LogP contribution in [0.3, 0.4) is 0 Å². The van der Waals surface area contributed by atoms with Gasteiger partial charge in [0.1, 0.15) is 11.2 Å². The minimum Gasteiger partial charge on any atom is -0.370 e. The molecule has 2 aliphatic heterocycles. The number of nitrogens with zero attached hydrogens (tertiary/aromatic N) is 5. The van der Waals surface area contributed by atoms with Crippen molar-refractivity contribution in [2.75, 3.05) is 6.54 Å². The minimum atomic E-state index is -0.139. The van der Waals surface area contributed by atoms with Crippen molar-refractivity contribution >= 4 is 27.2 Å². The van der Waals surface area contributed by atoms with Gasteiger partial charge in [0.2, 0.25) is 0 Å². The molecular weight excluding hydrogens is 346 g/mol. The normalized spacial score (nSPS) is 23.6. The lowest BCUT2D eigenvalue weighted by molar-refractivity contribution is -0.0379. The molecule has 6 nitrogen and oxygen atoms in total. The van der Waals surface area contributed by atoms with E-state index < -0.39 is 0 Å². The highest BCUT2D eigenvalue weighted by Gasteiger charge is 2.31. The second-order valence-electron chi connectivity index (χ2n) is 8.27. The zero-order valence-corrected chi connectivity index (χ0v) is 16.5. The van der Waals surface area contributed by atoms with E-state index in [1.54, 1.807) is 11.3 Å². The number of fused-ring (bicyclic) bond motifs is 5. The summed E-state index contributed by atoms with van der Waals surface area (Å²) in [6.45, 7) is 9.25. The van der Waals surface area contributed by atoms with Crippen molar-refractivity contribution in [2.45, 2.75) is 71.2 Å². The highest BCUT2D eigenvalue weighted by molar-refractivity contribution is 7.19. The Morgan fingerprint density at radius 3 is 3.08 bits per heavy atom. The van der Waals surface area contributed by atoms with Crippen molar-refractivity contribution in [2.24, 2.45) is 0 Å². The summed E-state index contributed by atoms with van der Waals surface area (Å²) in [5, 5.41) is 5.91. The minimum absolute atomic E-state index is 0.139. The molecule has 0 N–H and O–H groups in total. The Kier molecular flexibility index (Phi) is 3.81. The van der Waals surface area contributed by atoms with E-state index in [4.69, 9.17) is 14.8 Å². The van der Waals surface area contributed by atoms with Crippen LogP contribution in [0.25, 0.3) is 15.9 Å². The molecule has 3 aromatic heterocycles. The molecule has 0 saturated carbocycles. The van der Waals surface area contributed by atoms with Gasteiger partial charge in [-0.1, -0.05) is 6.42 Å². The molecule has 0 aromatic carbocycles. The zero-order chi connectivity index (χ0) is 17.9. The molecule has 7 heteroatoms. The molecule has 1 saturated heterocycles. The fourth-order valence-electron chi connectivity index (χ4n) is 4.23. The van der Waals surface area contributed by atoms with Crippen LogP contribution >= 0.6 is 11.3 Å². The van der Waals surface area contributed by atoms with E-state index in [0.29, 0.717) is 12.6 Å². The van der Waals surface area contributed by atoms with Gasteiger partial charge in [-0.15, -0.1) is 16.4 Å². The molecule has 5 heterocycles. The van der Waals surface area contributed by atoms with Crippen molar-refractivity contribution < 1.29 is 4.74 Å². The number of hydrogen-bond acceptors (Lipinski definition) is 6. The van der Waals surface area contributed by atoms with Crippen molar-refractivity contribution in [3.8, 4) is 0 Å². The molecule has 2 aliphatic rings. The molecule has 1 atom stereocenters. The first-order valence-electron chi connectivity index (χ1n) is 9.53. The average molecular weight is 372 g/mol. The quantitative estimate of drug-likeness (QED) is 0.689. The van der Waals surface area contributed by atoms with Crippen molar-refractivity contribution in [1.82, 2.24) is 24.5 Å². The Bertz CT molecular complexity index is 975. The van der Waals surface area contributed by atoms with Crippen LogP contribution in [-0.2, 0) is 24.3 Å². The van der Waals surface area contributed by atoms with Gasteiger partial charge < -0.3 is 4.74 Å². The van der Waals surface area contributed by atoms with Gasteiger partial charge in [0.25, 0.3) is 0 Å². The monoisotopic (exact) mass is 371 g/mol. The van der Waals surface area contributed by atoms with Gasteiger partial charge in [-0.3, -0.25) is 4.90 Å². The lowest BCUT2D eigenvalue weighted by Gasteiger charge is -2.32. The molecule has 0 spiro atoms. The number of thiophene rings is 1. The highest BCUT2D eigenvalue weighted by Crippen LogP contribution is 2.39. The molecule has 0 unspecified atom stereocenters. The fraction of sp³-hybridized carbons (Fsp3) is 0.632. The van der Waals surface area contributed by atoms with Gasteiger partial charge in [0, 0.05) is 17.3 Å².